The molecule has 2 saturated heterocycles. The Balaban J connectivity index is 1.19. The number of amides is 1. The predicted octanol–water partition coefficient (Wildman–Crippen LogP) is 3.43. The summed E-state index contributed by atoms with van der Waals surface area (Å²) in [5, 5.41) is 15.6. The summed E-state index contributed by atoms with van der Waals surface area (Å²) in [5.74, 6) is 0.182. The number of hydrogen-bond donors (Lipinski definition) is 2. The minimum absolute atomic E-state index is 0.113. The summed E-state index contributed by atoms with van der Waals surface area (Å²) in [7, 11) is 0. The van der Waals surface area contributed by atoms with Crippen LogP contribution in [-0.2, 0) is 16.1 Å². The molecule has 208 valence electrons. The van der Waals surface area contributed by atoms with Crippen LogP contribution < -0.4 is 10.9 Å². The minimum atomic E-state index is -1.07. The van der Waals surface area contributed by atoms with Gasteiger partial charge in [-0.3, -0.25) is 18.7 Å². The molecule has 4 heterocycles. The van der Waals surface area contributed by atoms with Crippen LogP contribution in [0.25, 0.3) is 16.7 Å². The van der Waals surface area contributed by atoms with Gasteiger partial charge in [0, 0.05) is 30.7 Å². The molecular formula is C29H36ClN5O4. The molecule has 3 fully saturated rings. The van der Waals surface area contributed by atoms with Crippen LogP contribution in [0.1, 0.15) is 58.1 Å². The van der Waals surface area contributed by atoms with Crippen molar-refractivity contribution in [1.82, 2.24) is 24.3 Å². The first-order valence-corrected chi connectivity index (χ1v) is 14.1. The average molecular weight is 554 g/mol. The van der Waals surface area contributed by atoms with E-state index in [4.69, 9.17) is 16.3 Å². The smallest absolute Gasteiger partial charge is 0.262 e. The normalized spacial score (nSPS) is 23.6. The summed E-state index contributed by atoms with van der Waals surface area (Å²) in [6, 6.07) is 9.76. The van der Waals surface area contributed by atoms with Gasteiger partial charge in [0.05, 0.1) is 35.8 Å². The lowest BCUT2D eigenvalue weighted by atomic mass is 9.90. The van der Waals surface area contributed by atoms with Crippen LogP contribution in [0.15, 0.2) is 41.5 Å². The van der Waals surface area contributed by atoms with E-state index in [1.54, 1.807) is 10.6 Å². The van der Waals surface area contributed by atoms with Crippen molar-refractivity contribution < 1.29 is 14.6 Å². The molecule has 2 aliphatic heterocycles. The fourth-order valence-corrected chi connectivity index (χ4v) is 5.97. The van der Waals surface area contributed by atoms with E-state index in [1.165, 1.54) is 10.9 Å². The number of carbonyl (C=O) groups excluding carboxylic acids is 1. The third-order valence-corrected chi connectivity index (χ3v) is 8.95. The second-order valence-corrected chi connectivity index (χ2v) is 12.8. The molecule has 6 rings (SSSR count). The van der Waals surface area contributed by atoms with Gasteiger partial charge in [0.25, 0.3) is 5.56 Å². The van der Waals surface area contributed by atoms with Gasteiger partial charge in [-0.15, -0.1) is 0 Å². The summed E-state index contributed by atoms with van der Waals surface area (Å²) >= 11 is 6.61. The van der Waals surface area contributed by atoms with Crippen LogP contribution >= 0.6 is 11.6 Å². The van der Waals surface area contributed by atoms with Crippen molar-refractivity contribution in [2.45, 2.75) is 70.2 Å². The molecule has 0 unspecified atom stereocenters. The number of nitrogens with one attached hydrogen (secondary N) is 1. The van der Waals surface area contributed by atoms with E-state index in [0.717, 1.165) is 30.6 Å². The molecule has 3 aliphatic rings. The predicted molar refractivity (Wildman–Crippen MR) is 149 cm³/mol. The van der Waals surface area contributed by atoms with Gasteiger partial charge in [-0.25, -0.2) is 4.98 Å². The van der Waals surface area contributed by atoms with Crippen molar-refractivity contribution in [3.8, 4) is 5.69 Å². The zero-order chi connectivity index (χ0) is 27.6. The summed E-state index contributed by atoms with van der Waals surface area (Å²) in [6.07, 6.45) is 4.20. The molecule has 1 aromatic carbocycles. The van der Waals surface area contributed by atoms with Gasteiger partial charge in [0.15, 0.2) is 5.65 Å². The molecule has 10 heteroatoms. The van der Waals surface area contributed by atoms with Crippen molar-refractivity contribution in [2.24, 2.45) is 5.41 Å². The van der Waals surface area contributed by atoms with E-state index >= 15 is 0 Å². The molecular weight excluding hydrogens is 518 g/mol. The van der Waals surface area contributed by atoms with Crippen LogP contribution in [0.5, 0.6) is 0 Å². The fraction of sp³-hybridized carbons (Fsp3) is 0.552. The Morgan fingerprint density at radius 2 is 1.85 bits per heavy atom. The number of likely N-dealkylation sites (tertiary alicyclic amines) is 1. The van der Waals surface area contributed by atoms with E-state index in [2.05, 4.69) is 24.1 Å². The van der Waals surface area contributed by atoms with E-state index in [-0.39, 0.29) is 35.1 Å². The van der Waals surface area contributed by atoms with Gasteiger partial charge in [0.1, 0.15) is 11.5 Å². The second kappa shape index (κ2) is 9.44. The number of fused-ring (bicyclic) bond motifs is 1. The van der Waals surface area contributed by atoms with Crippen molar-refractivity contribution in [3.63, 3.8) is 0 Å². The van der Waals surface area contributed by atoms with Crippen LogP contribution in [0.3, 0.4) is 0 Å². The molecule has 39 heavy (non-hydrogen) atoms. The Kier molecular flexibility index (Phi) is 6.41. The summed E-state index contributed by atoms with van der Waals surface area (Å²) in [6.45, 7) is 8.63. The Bertz CT molecular complexity index is 1460. The second-order valence-electron chi connectivity index (χ2n) is 12.4. The zero-order valence-corrected chi connectivity index (χ0v) is 23.5. The van der Waals surface area contributed by atoms with Crippen LogP contribution in [-0.4, -0.2) is 67.5 Å². The Labute approximate surface area is 232 Å². The van der Waals surface area contributed by atoms with Crippen molar-refractivity contribution >= 4 is 28.5 Å². The number of halogens is 1. The zero-order valence-electron chi connectivity index (χ0n) is 22.7. The maximum absolute atomic E-state index is 13.4. The molecule has 0 spiro atoms. The highest BCUT2D eigenvalue weighted by atomic mass is 35.5. The standard InChI is InChI=1S/C29H36ClN5O4/c1-27(2)16-31-22(15-39-27)19-4-6-20(7-5-19)35-23(30)14-21-24(35)32-18-34(25(21)36)17-29(38)10-12-33(13-11-29)26(37)28(3)8-9-28/h4-7,14,18,22,31,38H,8-13,15-17H2,1-3H3/t22-/m1/s1. The maximum atomic E-state index is 13.4. The SMILES string of the molecule is CC1(C)CN[C@@H](c2ccc(-n3c(Cl)cc4c(=O)n(CC5(O)CCN(C(=O)C6(C)CC6)CC5)cnc43)cc2)CO1. The van der Waals surface area contributed by atoms with Crippen LogP contribution in [0.2, 0.25) is 5.15 Å². The molecule has 2 aromatic heterocycles. The summed E-state index contributed by atoms with van der Waals surface area (Å²) < 4.78 is 9.18. The van der Waals surface area contributed by atoms with E-state index in [0.29, 0.717) is 48.7 Å². The highest BCUT2D eigenvalue weighted by molar-refractivity contribution is 6.31. The average Bonchev–Trinajstić information content (AvgIpc) is 3.57. The van der Waals surface area contributed by atoms with Crippen LogP contribution in [0.4, 0.5) is 0 Å². The van der Waals surface area contributed by atoms with Gasteiger partial charge < -0.3 is 20.1 Å². The van der Waals surface area contributed by atoms with Crippen molar-refractivity contribution in [1.29, 1.82) is 0 Å². The van der Waals surface area contributed by atoms with Crippen LogP contribution in [0, 0.1) is 5.41 Å². The molecule has 1 saturated carbocycles. The molecule has 1 atom stereocenters. The molecule has 2 N–H and O–H groups in total. The summed E-state index contributed by atoms with van der Waals surface area (Å²) in [5.41, 5.74) is 0.680. The van der Waals surface area contributed by atoms with Gasteiger partial charge in [-0.2, -0.15) is 0 Å². The fourth-order valence-electron chi connectivity index (χ4n) is 5.69. The van der Waals surface area contributed by atoms with Gasteiger partial charge in [-0.1, -0.05) is 30.7 Å². The van der Waals surface area contributed by atoms with E-state index < -0.39 is 5.60 Å². The topological polar surface area (TPSA) is 102 Å². The number of rotatable bonds is 5. The molecule has 1 amide bonds. The van der Waals surface area contributed by atoms with Crippen molar-refractivity contribution in [2.75, 3.05) is 26.2 Å². The lowest BCUT2D eigenvalue weighted by molar-refractivity contribution is -0.141. The van der Waals surface area contributed by atoms with E-state index in [1.807, 2.05) is 36.1 Å². The molecule has 0 radical (unpaired) electrons. The lowest BCUT2D eigenvalue weighted by Crippen LogP contribution is -2.51. The summed E-state index contributed by atoms with van der Waals surface area (Å²) in [4.78, 5) is 32.5. The third-order valence-electron chi connectivity index (χ3n) is 8.67. The number of nitrogens with zero attached hydrogens (tertiary/aromatic N) is 4. The highest BCUT2D eigenvalue weighted by Crippen LogP contribution is 2.47. The van der Waals surface area contributed by atoms with Gasteiger partial charge in [-0.05, 0) is 63.3 Å². The maximum Gasteiger partial charge on any atom is 0.262 e. The quantitative estimate of drug-likeness (QED) is 0.502. The molecule has 1 aliphatic carbocycles. The largest absolute Gasteiger partial charge is 0.388 e. The highest BCUT2D eigenvalue weighted by Gasteiger charge is 2.48. The van der Waals surface area contributed by atoms with Crippen molar-refractivity contribution in [3.05, 3.63) is 57.7 Å². The Morgan fingerprint density at radius 1 is 1.15 bits per heavy atom. The Hall–Kier alpha value is -2.72. The first-order valence-electron chi connectivity index (χ1n) is 13.7. The van der Waals surface area contributed by atoms with Gasteiger partial charge in [0.2, 0.25) is 5.91 Å². The minimum Gasteiger partial charge on any atom is -0.388 e. The van der Waals surface area contributed by atoms with Gasteiger partial charge >= 0.3 is 0 Å². The molecule has 0 bridgehead atoms. The number of morpholine rings is 1. The number of aliphatic hydroxyl groups is 1. The first-order chi connectivity index (χ1) is 18.5. The monoisotopic (exact) mass is 553 g/mol. The number of carbonyl (C=O) groups is 1. The van der Waals surface area contributed by atoms with E-state index in [9.17, 15) is 14.7 Å². The molecule has 9 nitrogen and oxygen atoms in total. The number of ether oxygens (including phenoxy) is 1. The number of piperidine rings is 1. The number of benzene rings is 1. The number of hydrogen-bond acceptors (Lipinski definition) is 6. The first kappa shape index (κ1) is 26.5. The lowest BCUT2D eigenvalue weighted by Gasteiger charge is -2.39. The number of aromatic nitrogens is 3. The molecule has 3 aromatic rings. The Morgan fingerprint density at radius 3 is 2.46 bits per heavy atom. The third kappa shape index (κ3) is 5.01.